The maximum Gasteiger partial charge on any atom is 0.133 e. The van der Waals surface area contributed by atoms with Gasteiger partial charge in [0.25, 0.3) is 0 Å². The summed E-state index contributed by atoms with van der Waals surface area (Å²) in [6.45, 7) is 2.48. The normalized spacial score (nSPS) is 55.0. The number of carbonyl (C=O) groups is 1. The molecule has 0 aromatic carbocycles. The van der Waals surface area contributed by atoms with Crippen LogP contribution in [-0.4, -0.2) is 17.0 Å². The van der Waals surface area contributed by atoms with Gasteiger partial charge in [0.15, 0.2) is 0 Å². The summed E-state index contributed by atoms with van der Waals surface area (Å²) in [4.78, 5) is 11.7. The SMILES string of the molecule is C[C@@]12CCC[C@H]1[C@@H]1C(O)C[C@H]3CC(=O)CC[C@@H]3[C@H]1CC2. The number of fused-ring (bicyclic) bond motifs is 5. The van der Waals surface area contributed by atoms with Gasteiger partial charge in [0.2, 0.25) is 0 Å². The molecule has 112 valence electrons. The molecule has 2 nitrogen and oxygen atoms in total. The summed E-state index contributed by atoms with van der Waals surface area (Å²) in [5, 5.41) is 10.8. The lowest BCUT2D eigenvalue weighted by molar-refractivity contribution is -0.137. The first-order chi connectivity index (χ1) is 9.58. The summed E-state index contributed by atoms with van der Waals surface area (Å²) in [7, 11) is 0. The molecule has 0 spiro atoms. The van der Waals surface area contributed by atoms with Gasteiger partial charge >= 0.3 is 0 Å². The minimum Gasteiger partial charge on any atom is -0.393 e. The second-order valence-corrected chi connectivity index (χ2v) is 8.44. The number of ketones is 1. The fourth-order valence-electron chi connectivity index (χ4n) is 6.67. The number of hydrogen-bond acceptors (Lipinski definition) is 2. The van der Waals surface area contributed by atoms with Crippen molar-refractivity contribution in [1.29, 1.82) is 0 Å². The highest BCUT2D eigenvalue weighted by Crippen LogP contribution is 2.62. The largest absolute Gasteiger partial charge is 0.393 e. The van der Waals surface area contributed by atoms with E-state index in [4.69, 9.17) is 0 Å². The third kappa shape index (κ3) is 1.83. The number of aliphatic hydroxyl groups excluding tert-OH is 1. The summed E-state index contributed by atoms with van der Waals surface area (Å²) < 4.78 is 0. The highest BCUT2D eigenvalue weighted by Gasteiger charge is 2.56. The van der Waals surface area contributed by atoms with E-state index >= 15 is 0 Å². The Balaban J connectivity index is 1.62. The van der Waals surface area contributed by atoms with Gasteiger partial charge in [-0.05, 0) is 73.5 Å². The predicted octanol–water partition coefficient (Wildman–Crippen LogP) is 3.57. The monoisotopic (exact) mass is 276 g/mol. The van der Waals surface area contributed by atoms with Crippen LogP contribution in [0.25, 0.3) is 0 Å². The van der Waals surface area contributed by atoms with Crippen molar-refractivity contribution < 1.29 is 9.90 Å². The zero-order valence-corrected chi connectivity index (χ0v) is 12.7. The average Bonchev–Trinajstić information content (AvgIpc) is 2.79. The van der Waals surface area contributed by atoms with Gasteiger partial charge in [-0.3, -0.25) is 4.79 Å². The molecule has 7 atom stereocenters. The molecule has 4 rings (SSSR count). The van der Waals surface area contributed by atoms with E-state index in [0.29, 0.717) is 29.0 Å². The third-order valence-electron chi connectivity index (χ3n) is 7.56. The first kappa shape index (κ1) is 13.3. The molecule has 0 bridgehead atoms. The van der Waals surface area contributed by atoms with Crippen LogP contribution in [0.3, 0.4) is 0 Å². The van der Waals surface area contributed by atoms with Crippen LogP contribution in [0.5, 0.6) is 0 Å². The Hall–Kier alpha value is -0.370. The van der Waals surface area contributed by atoms with Gasteiger partial charge in [-0.15, -0.1) is 0 Å². The lowest BCUT2D eigenvalue weighted by Gasteiger charge is -2.56. The van der Waals surface area contributed by atoms with E-state index in [1.165, 1.54) is 32.1 Å². The van der Waals surface area contributed by atoms with Crippen LogP contribution in [0.4, 0.5) is 0 Å². The minimum absolute atomic E-state index is 0.130. The maximum atomic E-state index is 11.7. The molecule has 1 N–H and O–H groups in total. The van der Waals surface area contributed by atoms with E-state index in [1.807, 2.05) is 0 Å². The van der Waals surface area contributed by atoms with Crippen molar-refractivity contribution in [2.24, 2.45) is 35.0 Å². The maximum absolute atomic E-state index is 11.7. The molecule has 4 aliphatic rings. The molecule has 4 saturated carbocycles. The number of Topliss-reactive ketones (excluding diaryl/α,β-unsaturated/α-hetero) is 1. The summed E-state index contributed by atoms with van der Waals surface area (Å²) >= 11 is 0. The molecule has 20 heavy (non-hydrogen) atoms. The van der Waals surface area contributed by atoms with Crippen LogP contribution in [0, 0.1) is 35.0 Å². The van der Waals surface area contributed by atoms with E-state index < -0.39 is 0 Å². The van der Waals surface area contributed by atoms with Gasteiger partial charge in [-0.2, -0.15) is 0 Å². The first-order valence-corrected chi connectivity index (χ1v) is 8.78. The number of rotatable bonds is 0. The van der Waals surface area contributed by atoms with Crippen LogP contribution in [0.15, 0.2) is 0 Å². The van der Waals surface area contributed by atoms with Crippen molar-refractivity contribution in [3.63, 3.8) is 0 Å². The standard InChI is InChI=1S/C18H28O2/c1-18-7-2-3-15(18)17-14(6-8-18)13-5-4-12(19)9-11(13)10-16(17)20/h11,13-17,20H,2-10H2,1H3/t11-,13+,14-,15+,16?,17-,18+/m1/s1. The Bertz CT molecular complexity index is 418. The number of carbonyl (C=O) groups excluding carboxylic acids is 1. The molecule has 1 unspecified atom stereocenters. The quantitative estimate of drug-likeness (QED) is 0.734. The Labute approximate surface area is 122 Å². The van der Waals surface area contributed by atoms with E-state index in [-0.39, 0.29) is 6.10 Å². The van der Waals surface area contributed by atoms with Gasteiger partial charge in [-0.25, -0.2) is 0 Å². The second-order valence-electron chi connectivity index (χ2n) is 8.44. The Morgan fingerprint density at radius 3 is 2.85 bits per heavy atom. The molecule has 4 fully saturated rings. The smallest absolute Gasteiger partial charge is 0.133 e. The first-order valence-electron chi connectivity index (χ1n) is 8.78. The topological polar surface area (TPSA) is 37.3 Å². The average molecular weight is 276 g/mol. The molecular formula is C18H28O2. The fraction of sp³-hybridized carbons (Fsp3) is 0.944. The predicted molar refractivity (Wildman–Crippen MR) is 78.1 cm³/mol. The molecule has 0 aliphatic heterocycles. The van der Waals surface area contributed by atoms with Gasteiger partial charge in [-0.1, -0.05) is 13.3 Å². The molecular weight excluding hydrogens is 248 g/mol. The summed E-state index contributed by atoms with van der Waals surface area (Å²) in [6.07, 6.45) is 10.2. The highest BCUT2D eigenvalue weighted by molar-refractivity contribution is 5.79. The highest BCUT2D eigenvalue weighted by atomic mass is 16.3. The Morgan fingerprint density at radius 2 is 2.00 bits per heavy atom. The van der Waals surface area contributed by atoms with Crippen LogP contribution < -0.4 is 0 Å². The van der Waals surface area contributed by atoms with E-state index in [9.17, 15) is 9.90 Å². The summed E-state index contributed by atoms with van der Waals surface area (Å²) in [6, 6.07) is 0. The summed E-state index contributed by atoms with van der Waals surface area (Å²) in [5.74, 6) is 3.71. The molecule has 0 heterocycles. The number of aliphatic hydroxyl groups is 1. The van der Waals surface area contributed by atoms with Crippen molar-refractivity contribution in [3.8, 4) is 0 Å². The molecule has 2 heteroatoms. The molecule has 0 aromatic heterocycles. The van der Waals surface area contributed by atoms with Gasteiger partial charge in [0.05, 0.1) is 6.10 Å². The van der Waals surface area contributed by atoms with Crippen LogP contribution in [0.2, 0.25) is 0 Å². The Kier molecular flexibility index (Phi) is 3.03. The van der Waals surface area contributed by atoms with Gasteiger partial charge in [0, 0.05) is 12.8 Å². The summed E-state index contributed by atoms with van der Waals surface area (Å²) in [5.41, 5.74) is 0.513. The molecule has 0 aromatic rings. The van der Waals surface area contributed by atoms with Crippen LogP contribution >= 0.6 is 0 Å². The molecule has 0 amide bonds. The van der Waals surface area contributed by atoms with E-state index in [2.05, 4.69) is 6.92 Å². The third-order valence-corrected chi connectivity index (χ3v) is 7.56. The zero-order valence-electron chi connectivity index (χ0n) is 12.7. The van der Waals surface area contributed by atoms with Crippen molar-refractivity contribution in [2.45, 2.75) is 70.8 Å². The molecule has 0 radical (unpaired) electrons. The van der Waals surface area contributed by atoms with Crippen molar-refractivity contribution in [3.05, 3.63) is 0 Å². The van der Waals surface area contributed by atoms with Crippen LogP contribution in [-0.2, 0) is 4.79 Å². The fourth-order valence-corrected chi connectivity index (χ4v) is 6.67. The lowest BCUT2D eigenvalue weighted by Crippen LogP contribution is -2.53. The van der Waals surface area contributed by atoms with Gasteiger partial charge < -0.3 is 5.11 Å². The van der Waals surface area contributed by atoms with Crippen molar-refractivity contribution in [1.82, 2.24) is 0 Å². The van der Waals surface area contributed by atoms with Crippen molar-refractivity contribution in [2.75, 3.05) is 0 Å². The molecule has 4 aliphatic carbocycles. The molecule has 0 saturated heterocycles. The minimum atomic E-state index is -0.130. The number of hydrogen-bond donors (Lipinski definition) is 1. The van der Waals surface area contributed by atoms with Crippen molar-refractivity contribution >= 4 is 5.78 Å². The van der Waals surface area contributed by atoms with Crippen LogP contribution in [0.1, 0.15) is 64.7 Å². The zero-order chi connectivity index (χ0) is 13.9. The van der Waals surface area contributed by atoms with Gasteiger partial charge in [0.1, 0.15) is 5.78 Å². The second kappa shape index (κ2) is 4.56. The lowest BCUT2D eigenvalue weighted by atomic mass is 9.50. The van der Waals surface area contributed by atoms with E-state index in [1.54, 1.807) is 0 Å². The Morgan fingerprint density at radius 1 is 1.15 bits per heavy atom. The van der Waals surface area contributed by atoms with E-state index in [0.717, 1.165) is 37.5 Å².